The van der Waals surface area contributed by atoms with E-state index in [4.69, 9.17) is 27.7 Å². The first kappa shape index (κ1) is 103. The quantitative estimate of drug-likeness (QED) is 0.108. The number of nitrogens with zero attached hydrogens (tertiary/aromatic N) is 13. The van der Waals surface area contributed by atoms with Gasteiger partial charge in [0.1, 0.15) is 24.6 Å². The molecular formula is C107H144N16O7. The molecule has 12 aromatic rings. The minimum Gasteiger partial charge on any atom is -0.442 e. The molecule has 4 aliphatic heterocycles. The van der Waals surface area contributed by atoms with Gasteiger partial charge in [0.05, 0.1) is 47.5 Å². The SMILES string of the molecule is C.C=C1CN=C(c2cccc(C(C)(C)C)c2)O1.C=C1CN=C(c2cncc(C(C)(C)C)c2)O1.CC(C)(C)C1C=NCC1.CC(C)(C)c1cccc(-c2cc(=O)[nH]o2)c1.CC(C)(C)c1cncc(-c2nnc(CCCN3CCOCC3)o2)c1.Cc1cc(-c2cccc(C(C)(C)C)c2)n[nH]1.Cc1cc(-c2cncc(C(C)(C)C)c2)n[nH]1.Cc1cc(-c2cncc(C(C)(C)C)c2)on1. The maximum atomic E-state index is 11.0. The Bertz CT molecular complexity index is 5470. The molecule has 9 aromatic heterocycles. The van der Waals surface area contributed by atoms with E-state index < -0.39 is 0 Å². The molecule has 1 atom stereocenters. The molecule has 23 heteroatoms. The summed E-state index contributed by atoms with van der Waals surface area (Å²) < 4.78 is 32.4. The van der Waals surface area contributed by atoms with E-state index in [1.807, 2.05) is 94.2 Å². The van der Waals surface area contributed by atoms with Gasteiger partial charge in [0.25, 0.3) is 5.56 Å². The first-order chi connectivity index (χ1) is 60.4. The number of H-pyrrole nitrogens is 3. The number of aromatic amines is 3. The van der Waals surface area contributed by atoms with Crippen molar-refractivity contribution in [1.82, 2.24) is 65.7 Å². The molecule has 1 unspecified atom stereocenters. The van der Waals surface area contributed by atoms with Crippen LogP contribution in [0.1, 0.15) is 259 Å². The Kier molecular flexibility index (Phi) is 35.8. The van der Waals surface area contributed by atoms with Crippen LogP contribution in [0.2, 0.25) is 0 Å². The zero-order valence-corrected chi connectivity index (χ0v) is 81.7. The van der Waals surface area contributed by atoms with Crippen molar-refractivity contribution in [3.05, 3.63) is 279 Å². The van der Waals surface area contributed by atoms with E-state index in [2.05, 4.69) is 339 Å². The highest BCUT2D eigenvalue weighted by molar-refractivity contribution is 5.96. The van der Waals surface area contributed by atoms with E-state index >= 15 is 0 Å². The summed E-state index contributed by atoms with van der Waals surface area (Å²) in [5.74, 6) is 6.05. The van der Waals surface area contributed by atoms with Crippen molar-refractivity contribution in [1.29, 1.82) is 0 Å². The zero-order chi connectivity index (χ0) is 94.5. The second-order valence-corrected chi connectivity index (χ2v) is 41.5. The number of pyridine rings is 4. The van der Waals surface area contributed by atoms with E-state index in [9.17, 15) is 4.79 Å². The summed E-state index contributed by atoms with van der Waals surface area (Å²) in [5, 5.41) is 29.0. The number of aryl methyl sites for hydroxylation is 4. The van der Waals surface area contributed by atoms with Crippen molar-refractivity contribution in [2.45, 2.75) is 252 Å². The smallest absolute Gasteiger partial charge is 0.280 e. The van der Waals surface area contributed by atoms with Crippen LogP contribution in [0.15, 0.2) is 229 Å². The molecule has 0 aliphatic carbocycles. The lowest BCUT2D eigenvalue weighted by molar-refractivity contribution is 0.0373. The van der Waals surface area contributed by atoms with E-state index in [-0.39, 0.29) is 50.9 Å². The average molecular weight is 1770 g/mol. The fraction of sp³-hybridized carbons (Fsp3) is 0.449. The van der Waals surface area contributed by atoms with Crippen LogP contribution in [0.4, 0.5) is 0 Å². The fourth-order valence-corrected chi connectivity index (χ4v) is 13.3. The second-order valence-electron chi connectivity index (χ2n) is 41.5. The molecule has 3 N–H and O–H groups in total. The van der Waals surface area contributed by atoms with E-state index in [1.165, 1.54) is 51.4 Å². The van der Waals surface area contributed by atoms with Crippen LogP contribution in [-0.2, 0) is 58.5 Å². The molecule has 0 saturated carbocycles. The number of hydrogen-bond acceptors (Lipinski definition) is 20. The number of aromatic nitrogens is 12. The van der Waals surface area contributed by atoms with E-state index in [0.29, 0.717) is 53.6 Å². The lowest BCUT2D eigenvalue weighted by Gasteiger charge is -2.26. The number of morpholine rings is 1. The lowest BCUT2D eigenvalue weighted by Crippen LogP contribution is -2.36. The van der Waals surface area contributed by atoms with Crippen molar-refractivity contribution in [3.8, 4) is 56.6 Å². The van der Waals surface area contributed by atoms with Crippen LogP contribution < -0.4 is 5.56 Å². The summed E-state index contributed by atoms with van der Waals surface area (Å²) in [7, 11) is 0. The van der Waals surface area contributed by atoms with Crippen LogP contribution in [0.3, 0.4) is 0 Å². The molecule has 13 heterocycles. The minimum absolute atomic E-state index is 0. The van der Waals surface area contributed by atoms with Crippen molar-refractivity contribution in [2.24, 2.45) is 26.3 Å². The molecule has 0 amide bonds. The summed E-state index contributed by atoms with van der Waals surface area (Å²) in [5.41, 5.74) is 21.6. The Hall–Kier alpha value is -12.0. The van der Waals surface area contributed by atoms with Gasteiger partial charge >= 0.3 is 0 Å². The van der Waals surface area contributed by atoms with Crippen LogP contribution >= 0.6 is 0 Å². The standard InChI is InChI=1S/C18H26N4O2.C14H18N2.C14H17NO.C13H17N3.2C13H16N2O.C13H15NO2.C8H15N.CH4/c1-18(2,3)15-11-14(12-19-13-15)17-21-20-16(24-17)5-4-6-22-7-9-23-10-8-22;1-10-8-13(16-15-10)11-6-5-7-12(9-11)14(2,3)4;1-10-9-15-13(16-10)11-6-5-7-12(8-11)14(2,3)4;1-9-5-12(16-15-9)10-6-11(8-14-7-10)13(2,3)4;1-9-6-15-12(16-9)10-5-11(8-14-7-10)13(2,3)4;1-9-5-12(16-15-9)10-6-11(8-14-7-10)13(2,3)4;1-13(2,3)10-6-4-5-9(7-10)11-8-12(15)14-16-11;1-8(2,3)7-4-5-9-6-7;/h11-13H,4-10H2,1-3H3;5-9H,1-4H3,(H,15,16);5-8H,1,9H2,2-4H3;5-8H,1-4H3,(H,15,16);5,7-8H,1,6H2,2-4H3;5-8H,1-4H3;4-8H,1-3H3,(H,14,15);6-7H,4-5H2,1-3H3;1H4. The van der Waals surface area contributed by atoms with E-state index in [1.54, 1.807) is 18.6 Å². The van der Waals surface area contributed by atoms with Gasteiger partial charge in [-0.3, -0.25) is 44.8 Å². The van der Waals surface area contributed by atoms with Gasteiger partial charge in [-0.25, -0.2) is 9.98 Å². The number of benzene rings is 3. The number of hydrogen-bond donors (Lipinski definition) is 3. The van der Waals surface area contributed by atoms with Gasteiger partial charge in [-0.1, -0.05) is 240 Å². The molecule has 0 bridgehead atoms. The predicted octanol–water partition coefficient (Wildman–Crippen LogP) is 24.4. The first-order valence-corrected chi connectivity index (χ1v) is 44.7. The Labute approximate surface area is 773 Å². The van der Waals surface area contributed by atoms with Crippen LogP contribution in [0, 0.1) is 32.1 Å². The lowest BCUT2D eigenvalue weighted by atomic mass is 9.81. The normalized spacial score (nSPS) is 14.6. The predicted molar refractivity (Wildman–Crippen MR) is 530 cm³/mol. The average Bonchev–Trinajstić information content (AvgIpc) is 1.60. The highest BCUT2D eigenvalue weighted by Crippen LogP contribution is 2.35. The summed E-state index contributed by atoms with van der Waals surface area (Å²) >= 11 is 0. The summed E-state index contributed by atoms with van der Waals surface area (Å²) in [6.45, 7) is 72.9. The van der Waals surface area contributed by atoms with Gasteiger partial charge in [-0.2, -0.15) is 15.4 Å². The van der Waals surface area contributed by atoms with Crippen LogP contribution in [0.5, 0.6) is 0 Å². The Morgan fingerprint density at radius 1 is 0.454 bits per heavy atom. The Morgan fingerprint density at radius 3 is 1.30 bits per heavy atom. The van der Waals surface area contributed by atoms with Crippen LogP contribution in [0.25, 0.3) is 56.6 Å². The van der Waals surface area contributed by atoms with Crippen molar-refractivity contribution in [2.75, 3.05) is 52.5 Å². The number of aliphatic imine (C=N–C) groups is 3. The molecule has 23 nitrogen and oxygen atoms in total. The Morgan fingerprint density at radius 2 is 0.877 bits per heavy atom. The third-order valence-electron chi connectivity index (χ3n) is 21.8. The van der Waals surface area contributed by atoms with Crippen LogP contribution in [-0.4, -0.2) is 136 Å². The number of ether oxygens (including phenoxy) is 3. The maximum Gasteiger partial charge on any atom is 0.280 e. The van der Waals surface area contributed by atoms with Gasteiger partial charge in [-0.15, -0.1) is 10.2 Å². The minimum atomic E-state index is -0.212. The molecule has 694 valence electrons. The molecule has 3 aromatic carbocycles. The largest absolute Gasteiger partial charge is 0.442 e. The topological polar surface area (TPSA) is 288 Å². The molecule has 16 rings (SSSR count). The third-order valence-corrected chi connectivity index (χ3v) is 21.8. The first-order valence-electron chi connectivity index (χ1n) is 44.7. The summed E-state index contributed by atoms with van der Waals surface area (Å²) in [4.78, 5) is 43.3. The molecule has 0 radical (unpaired) electrons. The fourth-order valence-electron chi connectivity index (χ4n) is 13.3. The number of nitrogens with one attached hydrogen (secondary N) is 3. The monoisotopic (exact) mass is 1770 g/mol. The maximum absolute atomic E-state index is 11.0. The van der Waals surface area contributed by atoms with Crippen molar-refractivity contribution < 1.29 is 27.7 Å². The molecule has 130 heavy (non-hydrogen) atoms. The summed E-state index contributed by atoms with van der Waals surface area (Å²) in [6.07, 6.45) is 20.0. The van der Waals surface area contributed by atoms with Crippen molar-refractivity contribution >= 4 is 18.0 Å². The Balaban J connectivity index is 0.000000185. The van der Waals surface area contributed by atoms with E-state index in [0.717, 1.165) is 137 Å². The zero-order valence-electron chi connectivity index (χ0n) is 81.7. The second kappa shape index (κ2) is 45.1. The summed E-state index contributed by atoms with van der Waals surface area (Å²) in [6, 6.07) is 40.9. The molecule has 1 saturated heterocycles. The highest BCUT2D eigenvalue weighted by Gasteiger charge is 2.27. The molecular weight excluding hydrogens is 1620 g/mol. The van der Waals surface area contributed by atoms with Gasteiger partial charge < -0.3 is 27.7 Å². The van der Waals surface area contributed by atoms with Crippen molar-refractivity contribution in [3.63, 3.8) is 0 Å². The van der Waals surface area contributed by atoms with Gasteiger partial charge in [0.2, 0.25) is 23.6 Å². The third kappa shape index (κ3) is 32.3. The number of rotatable bonds is 11. The molecule has 0 spiro atoms. The van der Waals surface area contributed by atoms with Gasteiger partial charge in [-0.05, 0) is 183 Å². The van der Waals surface area contributed by atoms with Gasteiger partial charge in [0.15, 0.2) is 11.5 Å². The molecule has 4 aliphatic rings. The highest BCUT2D eigenvalue weighted by atomic mass is 16.5. The van der Waals surface area contributed by atoms with Gasteiger partial charge in [0, 0.05) is 133 Å². The molecule has 1 fully saturated rings.